The number of morpholine rings is 1. The molecule has 1 aliphatic heterocycles. The average Bonchev–Trinajstić information content (AvgIpc) is 2.68. The number of aliphatic imine (C=N–C) groups is 1. The van der Waals surface area contributed by atoms with Crippen molar-refractivity contribution in [1.82, 2.24) is 15.5 Å². The van der Waals surface area contributed by atoms with Crippen LogP contribution in [0.3, 0.4) is 0 Å². The number of rotatable bonds is 8. The van der Waals surface area contributed by atoms with E-state index in [0.717, 1.165) is 50.9 Å². The van der Waals surface area contributed by atoms with Crippen molar-refractivity contribution in [3.63, 3.8) is 0 Å². The lowest BCUT2D eigenvalue weighted by molar-refractivity contribution is -0.384. The molecule has 8 nitrogen and oxygen atoms in total. The minimum atomic E-state index is -0.391. The smallest absolute Gasteiger partial charge is 0.269 e. The third-order valence-corrected chi connectivity index (χ3v) is 4.80. The molecule has 1 heterocycles. The molecule has 0 aromatic heterocycles. The second-order valence-electron chi connectivity index (χ2n) is 8.13. The van der Waals surface area contributed by atoms with E-state index in [0.29, 0.717) is 12.5 Å². The standard InChI is InChI=1S/C20H33N5O3/c1-16(2)13-21-19(22-14-17-5-7-18(8-6-17)25(26)27)23-15-20(3,4)24-9-11-28-12-10-24/h5-8,16H,9-15H2,1-4H3,(H2,21,22,23). The Kier molecular flexibility index (Phi) is 8.19. The number of nitro benzene ring substituents is 1. The first kappa shape index (κ1) is 22.1. The SMILES string of the molecule is CC(C)CNC(=NCc1ccc([N+](=O)[O-])cc1)NCC(C)(C)N1CCOCC1. The number of nitrogens with zero attached hydrogens (tertiary/aromatic N) is 3. The van der Waals surface area contributed by atoms with Crippen LogP contribution in [0.15, 0.2) is 29.3 Å². The number of hydrogen-bond acceptors (Lipinski definition) is 5. The van der Waals surface area contributed by atoms with Gasteiger partial charge in [-0.2, -0.15) is 0 Å². The highest BCUT2D eigenvalue weighted by Crippen LogP contribution is 2.15. The molecular weight excluding hydrogens is 358 g/mol. The topological polar surface area (TPSA) is 92.0 Å². The first-order valence-corrected chi connectivity index (χ1v) is 9.86. The normalized spacial score (nSPS) is 16.2. The van der Waals surface area contributed by atoms with Gasteiger partial charge in [0.2, 0.25) is 0 Å². The Hall–Kier alpha value is -2.19. The van der Waals surface area contributed by atoms with Gasteiger partial charge >= 0.3 is 0 Å². The van der Waals surface area contributed by atoms with Crippen molar-refractivity contribution >= 4 is 11.6 Å². The molecule has 28 heavy (non-hydrogen) atoms. The van der Waals surface area contributed by atoms with E-state index >= 15 is 0 Å². The fraction of sp³-hybridized carbons (Fsp3) is 0.650. The van der Waals surface area contributed by atoms with Gasteiger partial charge in [0.05, 0.1) is 24.7 Å². The van der Waals surface area contributed by atoms with E-state index in [1.807, 2.05) is 0 Å². The summed E-state index contributed by atoms with van der Waals surface area (Å²) in [6.45, 7) is 14.2. The van der Waals surface area contributed by atoms with Crippen LogP contribution >= 0.6 is 0 Å². The number of nitrogens with one attached hydrogen (secondary N) is 2. The fourth-order valence-corrected chi connectivity index (χ4v) is 2.95. The van der Waals surface area contributed by atoms with Crippen LogP contribution in [0.5, 0.6) is 0 Å². The van der Waals surface area contributed by atoms with Gasteiger partial charge in [0.25, 0.3) is 5.69 Å². The van der Waals surface area contributed by atoms with Crippen molar-refractivity contribution in [2.45, 2.75) is 39.8 Å². The Balaban J connectivity index is 1.99. The van der Waals surface area contributed by atoms with Gasteiger partial charge in [-0.05, 0) is 25.3 Å². The Morgan fingerprint density at radius 1 is 1.25 bits per heavy atom. The molecule has 2 rings (SSSR count). The van der Waals surface area contributed by atoms with Crippen LogP contribution in [0.25, 0.3) is 0 Å². The Morgan fingerprint density at radius 2 is 1.89 bits per heavy atom. The minimum Gasteiger partial charge on any atom is -0.379 e. The molecule has 0 saturated carbocycles. The molecule has 8 heteroatoms. The summed E-state index contributed by atoms with van der Waals surface area (Å²) < 4.78 is 5.46. The lowest BCUT2D eigenvalue weighted by Gasteiger charge is -2.41. The van der Waals surface area contributed by atoms with Crippen LogP contribution in [-0.4, -0.2) is 60.7 Å². The minimum absolute atomic E-state index is 0.0164. The summed E-state index contributed by atoms with van der Waals surface area (Å²) in [7, 11) is 0. The lowest BCUT2D eigenvalue weighted by atomic mass is 10.0. The molecule has 1 aromatic carbocycles. The van der Waals surface area contributed by atoms with Crippen molar-refractivity contribution in [3.8, 4) is 0 Å². The zero-order chi connectivity index (χ0) is 20.6. The third kappa shape index (κ3) is 7.09. The van der Waals surface area contributed by atoms with E-state index in [9.17, 15) is 10.1 Å². The molecule has 1 aromatic rings. The van der Waals surface area contributed by atoms with Crippen LogP contribution < -0.4 is 10.6 Å². The number of guanidine groups is 1. The Morgan fingerprint density at radius 3 is 2.46 bits per heavy atom. The molecule has 156 valence electrons. The highest BCUT2D eigenvalue weighted by molar-refractivity contribution is 5.79. The van der Waals surface area contributed by atoms with Gasteiger partial charge in [0, 0.05) is 43.9 Å². The van der Waals surface area contributed by atoms with Gasteiger partial charge in [-0.25, -0.2) is 4.99 Å². The van der Waals surface area contributed by atoms with Gasteiger partial charge < -0.3 is 15.4 Å². The van der Waals surface area contributed by atoms with Crippen LogP contribution in [0.2, 0.25) is 0 Å². The molecule has 2 N–H and O–H groups in total. The summed E-state index contributed by atoms with van der Waals surface area (Å²) >= 11 is 0. The summed E-state index contributed by atoms with van der Waals surface area (Å²) in [5.74, 6) is 1.26. The van der Waals surface area contributed by atoms with Crippen molar-refractivity contribution in [2.24, 2.45) is 10.9 Å². The quantitative estimate of drug-likeness (QED) is 0.306. The fourth-order valence-electron chi connectivity index (χ4n) is 2.95. The van der Waals surface area contributed by atoms with Gasteiger partial charge in [0.1, 0.15) is 0 Å². The summed E-state index contributed by atoms with van der Waals surface area (Å²) in [6.07, 6.45) is 0. The molecular formula is C20H33N5O3. The number of ether oxygens (including phenoxy) is 1. The van der Waals surface area contributed by atoms with Crippen LogP contribution in [0.4, 0.5) is 5.69 Å². The first-order chi connectivity index (χ1) is 13.3. The molecule has 0 bridgehead atoms. The molecule has 0 atom stereocenters. The molecule has 1 saturated heterocycles. The van der Waals surface area contributed by atoms with E-state index in [1.54, 1.807) is 12.1 Å². The van der Waals surface area contributed by atoms with E-state index in [2.05, 4.69) is 48.2 Å². The highest BCUT2D eigenvalue weighted by atomic mass is 16.6. The zero-order valence-electron chi connectivity index (χ0n) is 17.4. The third-order valence-electron chi connectivity index (χ3n) is 4.80. The molecule has 0 radical (unpaired) electrons. The maximum atomic E-state index is 10.8. The van der Waals surface area contributed by atoms with E-state index < -0.39 is 4.92 Å². The molecule has 0 unspecified atom stereocenters. The second-order valence-corrected chi connectivity index (χ2v) is 8.13. The summed E-state index contributed by atoms with van der Waals surface area (Å²) in [5, 5.41) is 17.6. The Labute approximate surface area is 167 Å². The van der Waals surface area contributed by atoms with Crippen molar-refractivity contribution < 1.29 is 9.66 Å². The molecule has 0 amide bonds. The Bertz CT molecular complexity index is 652. The van der Waals surface area contributed by atoms with Crippen molar-refractivity contribution in [2.75, 3.05) is 39.4 Å². The van der Waals surface area contributed by atoms with Crippen molar-refractivity contribution in [3.05, 3.63) is 39.9 Å². The average molecular weight is 392 g/mol. The highest BCUT2D eigenvalue weighted by Gasteiger charge is 2.28. The number of non-ortho nitro benzene ring substituents is 1. The van der Waals surface area contributed by atoms with Crippen LogP contribution in [-0.2, 0) is 11.3 Å². The first-order valence-electron chi connectivity index (χ1n) is 9.86. The van der Waals surface area contributed by atoms with E-state index in [4.69, 9.17) is 4.74 Å². The number of nitro groups is 1. The second kappa shape index (κ2) is 10.4. The molecule has 0 aliphatic carbocycles. The lowest BCUT2D eigenvalue weighted by Crippen LogP contribution is -2.56. The van der Waals surface area contributed by atoms with Crippen LogP contribution in [0, 0.1) is 16.0 Å². The zero-order valence-corrected chi connectivity index (χ0v) is 17.4. The summed E-state index contributed by atoms with van der Waals surface area (Å²) in [4.78, 5) is 17.5. The monoisotopic (exact) mass is 391 g/mol. The molecule has 1 aliphatic rings. The maximum Gasteiger partial charge on any atom is 0.269 e. The van der Waals surface area contributed by atoms with E-state index in [1.165, 1.54) is 12.1 Å². The van der Waals surface area contributed by atoms with Gasteiger partial charge in [-0.1, -0.05) is 26.0 Å². The van der Waals surface area contributed by atoms with Crippen LogP contribution in [0.1, 0.15) is 33.3 Å². The molecule has 0 spiro atoms. The number of benzene rings is 1. The van der Waals surface area contributed by atoms with Gasteiger partial charge in [-0.15, -0.1) is 0 Å². The predicted molar refractivity (Wildman–Crippen MR) is 112 cm³/mol. The van der Waals surface area contributed by atoms with Crippen molar-refractivity contribution in [1.29, 1.82) is 0 Å². The summed E-state index contributed by atoms with van der Waals surface area (Å²) in [5.41, 5.74) is 1.01. The largest absolute Gasteiger partial charge is 0.379 e. The van der Waals surface area contributed by atoms with Gasteiger partial charge in [0.15, 0.2) is 5.96 Å². The number of hydrogen-bond donors (Lipinski definition) is 2. The van der Waals surface area contributed by atoms with Gasteiger partial charge in [-0.3, -0.25) is 15.0 Å². The molecule has 1 fully saturated rings. The van der Waals surface area contributed by atoms with E-state index in [-0.39, 0.29) is 11.2 Å². The predicted octanol–water partition coefficient (Wildman–Crippen LogP) is 2.40. The summed E-state index contributed by atoms with van der Waals surface area (Å²) in [6, 6.07) is 6.53. The maximum absolute atomic E-state index is 10.8.